The molecule has 1 heterocycles. The third-order valence-corrected chi connectivity index (χ3v) is 4.39. The fraction of sp³-hybridized carbons (Fsp3) is 0.238. The standard InChI is InChI=1S/C21H22N4O3/c1-14-6-5-7-15(12-14)23-20(27)13-25-18-9-4-3-8-16(18)24-17(21(25)28)10-11-19(26)22-2/h3-9,12H,10-11,13H2,1-2H3,(H,22,26)(H,23,27). The second-order valence-corrected chi connectivity index (χ2v) is 6.53. The lowest BCUT2D eigenvalue weighted by Gasteiger charge is -2.12. The Balaban J connectivity index is 1.92. The van der Waals surface area contributed by atoms with Gasteiger partial charge in [-0.25, -0.2) is 4.98 Å². The molecule has 144 valence electrons. The van der Waals surface area contributed by atoms with Crippen LogP contribution in [0, 0.1) is 6.92 Å². The Morgan fingerprint density at radius 1 is 1.07 bits per heavy atom. The number of nitrogens with one attached hydrogen (secondary N) is 2. The van der Waals surface area contributed by atoms with Crippen LogP contribution < -0.4 is 16.2 Å². The molecule has 0 saturated heterocycles. The van der Waals surface area contributed by atoms with Crippen LogP contribution in [0.25, 0.3) is 11.0 Å². The number of amides is 2. The maximum absolute atomic E-state index is 12.9. The number of rotatable bonds is 6. The van der Waals surface area contributed by atoms with E-state index in [1.165, 1.54) is 4.57 Å². The summed E-state index contributed by atoms with van der Waals surface area (Å²) in [4.78, 5) is 41.4. The molecule has 2 N–H and O–H groups in total. The fourth-order valence-electron chi connectivity index (χ4n) is 2.99. The van der Waals surface area contributed by atoms with Gasteiger partial charge in [-0.05, 0) is 36.8 Å². The quantitative estimate of drug-likeness (QED) is 0.686. The summed E-state index contributed by atoms with van der Waals surface area (Å²) in [5, 5.41) is 5.35. The van der Waals surface area contributed by atoms with Crippen molar-refractivity contribution in [3.8, 4) is 0 Å². The minimum absolute atomic E-state index is 0.136. The zero-order chi connectivity index (χ0) is 20.1. The molecule has 0 radical (unpaired) electrons. The summed E-state index contributed by atoms with van der Waals surface area (Å²) in [7, 11) is 1.55. The van der Waals surface area contributed by atoms with Crippen LogP contribution in [0.5, 0.6) is 0 Å². The number of anilines is 1. The average Bonchev–Trinajstić information content (AvgIpc) is 2.68. The van der Waals surface area contributed by atoms with E-state index in [2.05, 4.69) is 15.6 Å². The Kier molecular flexibility index (Phi) is 5.84. The van der Waals surface area contributed by atoms with Crippen LogP contribution in [0.2, 0.25) is 0 Å². The predicted octanol–water partition coefficient (Wildman–Crippen LogP) is 2.02. The number of aryl methyl sites for hydroxylation is 2. The van der Waals surface area contributed by atoms with E-state index in [4.69, 9.17) is 0 Å². The summed E-state index contributed by atoms with van der Waals surface area (Å²) in [6.07, 6.45) is 0.370. The van der Waals surface area contributed by atoms with E-state index in [0.717, 1.165) is 5.56 Å². The lowest BCUT2D eigenvalue weighted by molar-refractivity contribution is -0.120. The Morgan fingerprint density at radius 2 is 1.86 bits per heavy atom. The minimum atomic E-state index is -0.359. The van der Waals surface area contributed by atoms with Gasteiger partial charge in [0.25, 0.3) is 5.56 Å². The smallest absolute Gasteiger partial charge is 0.273 e. The Bertz CT molecular complexity index is 1090. The topological polar surface area (TPSA) is 93.1 Å². The molecule has 0 aliphatic rings. The largest absolute Gasteiger partial charge is 0.359 e. The highest BCUT2D eigenvalue weighted by atomic mass is 16.2. The minimum Gasteiger partial charge on any atom is -0.359 e. The molecule has 0 atom stereocenters. The van der Waals surface area contributed by atoms with Gasteiger partial charge in [0.05, 0.1) is 11.0 Å². The summed E-state index contributed by atoms with van der Waals surface area (Å²) >= 11 is 0. The summed E-state index contributed by atoms with van der Waals surface area (Å²) < 4.78 is 1.41. The number of fused-ring (bicyclic) bond motifs is 1. The monoisotopic (exact) mass is 378 g/mol. The highest BCUT2D eigenvalue weighted by Crippen LogP contribution is 2.13. The van der Waals surface area contributed by atoms with Crippen LogP contribution in [0.1, 0.15) is 17.7 Å². The summed E-state index contributed by atoms with van der Waals surface area (Å²) in [6, 6.07) is 14.6. The first-order valence-electron chi connectivity index (χ1n) is 9.03. The molecule has 0 fully saturated rings. The zero-order valence-electron chi connectivity index (χ0n) is 15.9. The molecule has 2 aromatic carbocycles. The van der Waals surface area contributed by atoms with Gasteiger partial charge in [-0.15, -0.1) is 0 Å². The molecule has 0 spiro atoms. The molecule has 1 aromatic heterocycles. The zero-order valence-corrected chi connectivity index (χ0v) is 15.9. The van der Waals surface area contributed by atoms with E-state index in [1.807, 2.05) is 31.2 Å². The Labute approximate surface area is 162 Å². The van der Waals surface area contributed by atoms with Gasteiger partial charge < -0.3 is 10.6 Å². The van der Waals surface area contributed by atoms with Gasteiger partial charge in [0, 0.05) is 25.6 Å². The molecule has 2 amide bonds. The maximum Gasteiger partial charge on any atom is 0.273 e. The van der Waals surface area contributed by atoms with Crippen molar-refractivity contribution < 1.29 is 9.59 Å². The number of aromatic nitrogens is 2. The lowest BCUT2D eigenvalue weighted by atomic mass is 10.2. The SMILES string of the molecule is CNC(=O)CCc1nc2ccccc2n(CC(=O)Nc2cccc(C)c2)c1=O. The molecule has 3 aromatic rings. The van der Waals surface area contributed by atoms with Crippen molar-refractivity contribution in [2.75, 3.05) is 12.4 Å². The van der Waals surface area contributed by atoms with Crippen molar-refractivity contribution in [3.05, 3.63) is 70.1 Å². The highest BCUT2D eigenvalue weighted by Gasteiger charge is 2.14. The van der Waals surface area contributed by atoms with E-state index in [0.29, 0.717) is 16.7 Å². The number of carbonyl (C=O) groups is 2. The lowest BCUT2D eigenvalue weighted by Crippen LogP contribution is -2.31. The third-order valence-electron chi connectivity index (χ3n) is 4.39. The van der Waals surface area contributed by atoms with Crippen molar-refractivity contribution in [1.82, 2.24) is 14.9 Å². The Morgan fingerprint density at radius 3 is 2.61 bits per heavy atom. The number of para-hydroxylation sites is 2. The van der Waals surface area contributed by atoms with Crippen LogP contribution in [0.3, 0.4) is 0 Å². The summed E-state index contributed by atoms with van der Waals surface area (Å²) in [5.74, 6) is -0.473. The maximum atomic E-state index is 12.9. The van der Waals surface area contributed by atoms with Gasteiger partial charge in [0.2, 0.25) is 11.8 Å². The van der Waals surface area contributed by atoms with Crippen molar-refractivity contribution in [1.29, 1.82) is 0 Å². The van der Waals surface area contributed by atoms with Crippen molar-refractivity contribution in [3.63, 3.8) is 0 Å². The normalized spacial score (nSPS) is 10.6. The molecule has 28 heavy (non-hydrogen) atoms. The van der Waals surface area contributed by atoms with Crippen molar-refractivity contribution in [2.24, 2.45) is 0 Å². The summed E-state index contributed by atoms with van der Waals surface area (Å²) in [5.41, 5.74) is 2.80. The molecular formula is C21H22N4O3. The van der Waals surface area contributed by atoms with Gasteiger partial charge in [0.1, 0.15) is 12.2 Å². The van der Waals surface area contributed by atoms with E-state index in [-0.39, 0.29) is 42.5 Å². The van der Waals surface area contributed by atoms with Gasteiger partial charge >= 0.3 is 0 Å². The fourth-order valence-corrected chi connectivity index (χ4v) is 2.99. The van der Waals surface area contributed by atoms with Gasteiger partial charge in [0.15, 0.2) is 0 Å². The molecule has 7 nitrogen and oxygen atoms in total. The van der Waals surface area contributed by atoms with Crippen LogP contribution in [0.4, 0.5) is 5.69 Å². The first-order valence-corrected chi connectivity index (χ1v) is 9.03. The van der Waals surface area contributed by atoms with Crippen molar-refractivity contribution in [2.45, 2.75) is 26.3 Å². The molecule has 0 unspecified atom stereocenters. The van der Waals surface area contributed by atoms with Gasteiger partial charge in [-0.2, -0.15) is 0 Å². The highest BCUT2D eigenvalue weighted by molar-refractivity contribution is 5.91. The molecule has 7 heteroatoms. The van der Waals surface area contributed by atoms with Crippen molar-refractivity contribution >= 4 is 28.5 Å². The van der Waals surface area contributed by atoms with Gasteiger partial charge in [-0.1, -0.05) is 24.3 Å². The number of benzene rings is 2. The van der Waals surface area contributed by atoms with Crippen LogP contribution in [-0.2, 0) is 22.6 Å². The third kappa shape index (κ3) is 4.43. The molecule has 0 aliphatic carbocycles. The predicted molar refractivity (Wildman–Crippen MR) is 108 cm³/mol. The molecule has 3 rings (SSSR count). The van der Waals surface area contributed by atoms with Crippen LogP contribution in [-0.4, -0.2) is 28.4 Å². The van der Waals surface area contributed by atoms with E-state index in [1.54, 1.807) is 31.3 Å². The van der Waals surface area contributed by atoms with E-state index >= 15 is 0 Å². The number of hydrogen-bond acceptors (Lipinski definition) is 4. The average molecular weight is 378 g/mol. The van der Waals surface area contributed by atoms with E-state index in [9.17, 15) is 14.4 Å². The Hall–Kier alpha value is -3.48. The molecule has 0 bridgehead atoms. The molecule has 0 aliphatic heterocycles. The van der Waals surface area contributed by atoms with Crippen LogP contribution >= 0.6 is 0 Å². The summed E-state index contributed by atoms with van der Waals surface area (Å²) in [6.45, 7) is 1.80. The number of nitrogens with zero attached hydrogens (tertiary/aromatic N) is 2. The number of hydrogen-bond donors (Lipinski definition) is 2. The van der Waals surface area contributed by atoms with Crippen LogP contribution in [0.15, 0.2) is 53.3 Å². The first kappa shape index (κ1) is 19.3. The van der Waals surface area contributed by atoms with Gasteiger partial charge in [-0.3, -0.25) is 19.0 Å². The second-order valence-electron chi connectivity index (χ2n) is 6.53. The first-order chi connectivity index (χ1) is 13.5. The van der Waals surface area contributed by atoms with E-state index < -0.39 is 0 Å². The molecule has 0 saturated carbocycles. The number of carbonyl (C=O) groups excluding carboxylic acids is 2. The molecular weight excluding hydrogens is 356 g/mol. The second kappa shape index (κ2) is 8.47.